The first-order valence-electron chi connectivity index (χ1n) is 12.4. The third-order valence-electron chi connectivity index (χ3n) is 6.68. The van der Waals surface area contributed by atoms with Crippen molar-refractivity contribution in [2.24, 2.45) is 16.8 Å². The van der Waals surface area contributed by atoms with Crippen LogP contribution < -0.4 is 10.2 Å². The van der Waals surface area contributed by atoms with Gasteiger partial charge in [-0.25, -0.2) is 4.99 Å². The van der Waals surface area contributed by atoms with Gasteiger partial charge in [0.1, 0.15) is 0 Å². The van der Waals surface area contributed by atoms with Crippen molar-refractivity contribution < 1.29 is 14.7 Å². The van der Waals surface area contributed by atoms with E-state index in [-0.39, 0.29) is 17.7 Å². The number of carbonyl (C=O) groups excluding carboxylic acids is 2. The molecule has 3 aromatic carbocycles. The number of anilines is 1. The molecule has 1 aliphatic heterocycles. The first-order chi connectivity index (χ1) is 17.4. The van der Waals surface area contributed by atoms with Gasteiger partial charge in [0.25, 0.3) is 5.91 Å². The van der Waals surface area contributed by atoms with Gasteiger partial charge in [-0.2, -0.15) is 0 Å². The maximum Gasteiger partial charge on any atom is 0.272 e. The maximum absolute atomic E-state index is 13.5. The molecule has 3 aromatic rings. The summed E-state index contributed by atoms with van der Waals surface area (Å²) in [6, 6.07) is 27.1. The number of benzodiazepines with no additional fused rings is 1. The number of hydrogen-bond donors (Lipinski definition) is 2. The van der Waals surface area contributed by atoms with E-state index in [4.69, 9.17) is 4.99 Å². The molecule has 6 nitrogen and oxygen atoms in total. The van der Waals surface area contributed by atoms with Crippen LogP contribution in [0.25, 0.3) is 0 Å². The zero-order chi connectivity index (χ0) is 25.7. The molecule has 36 heavy (non-hydrogen) atoms. The first-order valence-corrected chi connectivity index (χ1v) is 12.4. The van der Waals surface area contributed by atoms with E-state index >= 15 is 0 Å². The van der Waals surface area contributed by atoms with Gasteiger partial charge in [0.15, 0.2) is 0 Å². The van der Waals surface area contributed by atoms with E-state index in [1.807, 2.05) is 98.8 Å². The molecule has 0 radical (unpaired) electrons. The minimum absolute atomic E-state index is 0.121. The highest BCUT2D eigenvalue weighted by Gasteiger charge is 2.35. The van der Waals surface area contributed by atoms with Crippen molar-refractivity contribution in [3.05, 3.63) is 102 Å². The number of aryl methyl sites for hydroxylation is 1. The molecular weight excluding hydrogens is 450 g/mol. The molecule has 0 aliphatic carbocycles. The van der Waals surface area contributed by atoms with E-state index in [0.29, 0.717) is 18.6 Å². The van der Waals surface area contributed by atoms with E-state index < -0.39 is 18.2 Å². The lowest BCUT2D eigenvalue weighted by Gasteiger charge is -2.27. The topological polar surface area (TPSA) is 82.0 Å². The van der Waals surface area contributed by atoms with E-state index in [9.17, 15) is 14.7 Å². The molecule has 0 saturated carbocycles. The van der Waals surface area contributed by atoms with Crippen LogP contribution in [0, 0.1) is 11.8 Å². The van der Waals surface area contributed by atoms with E-state index in [0.717, 1.165) is 22.4 Å². The van der Waals surface area contributed by atoms with Crippen molar-refractivity contribution in [3.63, 3.8) is 0 Å². The lowest BCUT2D eigenvalue weighted by molar-refractivity contribution is -0.134. The Labute approximate surface area is 212 Å². The van der Waals surface area contributed by atoms with Crippen molar-refractivity contribution in [1.29, 1.82) is 0 Å². The number of carbonyl (C=O) groups is 2. The average Bonchev–Trinajstić information content (AvgIpc) is 2.99. The largest absolute Gasteiger partial charge is 0.392 e. The van der Waals surface area contributed by atoms with Crippen LogP contribution in [0.15, 0.2) is 89.9 Å². The number of aliphatic hydroxyl groups excluding tert-OH is 1. The maximum atomic E-state index is 13.5. The van der Waals surface area contributed by atoms with Gasteiger partial charge < -0.3 is 15.3 Å². The molecular formula is C30H33N3O3. The van der Waals surface area contributed by atoms with Crippen LogP contribution in [0.1, 0.15) is 37.0 Å². The lowest BCUT2D eigenvalue weighted by Crippen LogP contribution is -2.50. The summed E-state index contributed by atoms with van der Waals surface area (Å²) >= 11 is 0. The summed E-state index contributed by atoms with van der Waals surface area (Å²) in [5.74, 6) is -1.50. The fourth-order valence-electron chi connectivity index (χ4n) is 4.73. The van der Waals surface area contributed by atoms with E-state index in [1.165, 1.54) is 4.90 Å². The molecule has 0 bridgehead atoms. The normalized spacial score (nSPS) is 17.1. The predicted octanol–water partition coefficient (Wildman–Crippen LogP) is 4.21. The van der Waals surface area contributed by atoms with Gasteiger partial charge in [0.2, 0.25) is 12.1 Å². The summed E-state index contributed by atoms with van der Waals surface area (Å²) in [5.41, 5.74) is 4.15. The van der Waals surface area contributed by atoms with Crippen LogP contribution in [-0.2, 0) is 16.0 Å². The van der Waals surface area contributed by atoms with Crippen LogP contribution in [-0.4, -0.2) is 41.9 Å². The van der Waals surface area contributed by atoms with Crippen LogP contribution in [0.5, 0.6) is 0 Å². The molecule has 2 amide bonds. The van der Waals surface area contributed by atoms with Crippen LogP contribution >= 0.6 is 0 Å². The Morgan fingerprint density at radius 3 is 2.25 bits per heavy atom. The number of nitrogens with one attached hydrogen (secondary N) is 1. The highest BCUT2D eigenvalue weighted by atomic mass is 16.3. The number of nitrogens with zero attached hydrogens (tertiary/aromatic N) is 2. The Balaban J connectivity index is 1.60. The molecule has 0 saturated heterocycles. The Morgan fingerprint density at radius 2 is 1.58 bits per heavy atom. The zero-order valence-corrected chi connectivity index (χ0v) is 21.0. The number of para-hydroxylation sites is 1. The predicted molar refractivity (Wildman–Crippen MR) is 143 cm³/mol. The summed E-state index contributed by atoms with van der Waals surface area (Å²) in [7, 11) is 1.69. The summed E-state index contributed by atoms with van der Waals surface area (Å²) in [5, 5.41) is 13.9. The molecule has 1 heterocycles. The molecule has 0 spiro atoms. The highest BCUT2D eigenvalue weighted by molar-refractivity contribution is 6.20. The van der Waals surface area contributed by atoms with Gasteiger partial charge in [0.05, 0.1) is 23.4 Å². The fourth-order valence-corrected chi connectivity index (χ4v) is 4.73. The minimum atomic E-state index is -1.10. The third kappa shape index (κ3) is 5.55. The van der Waals surface area contributed by atoms with Crippen molar-refractivity contribution in [1.82, 2.24) is 5.32 Å². The van der Waals surface area contributed by atoms with Gasteiger partial charge in [-0.1, -0.05) is 92.7 Å². The smallest absolute Gasteiger partial charge is 0.272 e. The van der Waals surface area contributed by atoms with Crippen molar-refractivity contribution in [2.45, 2.75) is 39.0 Å². The quantitative estimate of drug-likeness (QED) is 0.504. The van der Waals surface area contributed by atoms with Crippen molar-refractivity contribution in [3.8, 4) is 0 Å². The molecule has 186 valence electrons. The minimum Gasteiger partial charge on any atom is -0.392 e. The molecule has 4 rings (SSSR count). The monoisotopic (exact) mass is 483 g/mol. The third-order valence-corrected chi connectivity index (χ3v) is 6.68. The van der Waals surface area contributed by atoms with Crippen LogP contribution in [0.3, 0.4) is 0 Å². The number of benzene rings is 3. The first kappa shape index (κ1) is 25.3. The molecule has 2 N–H and O–H groups in total. The van der Waals surface area contributed by atoms with Gasteiger partial charge in [0, 0.05) is 18.2 Å². The average molecular weight is 484 g/mol. The number of amides is 2. The second-order valence-corrected chi connectivity index (χ2v) is 9.53. The number of aliphatic hydroxyl groups is 1. The Bertz CT molecular complexity index is 1220. The van der Waals surface area contributed by atoms with Gasteiger partial charge in [-0.05, 0) is 30.4 Å². The highest BCUT2D eigenvalue weighted by Crippen LogP contribution is 2.28. The SMILES string of the molecule is CC(C)C(C(=O)NC1N=C(c2ccccc2)c2ccccc2N(C)C1=O)[C@@H](O)CCc1ccccc1. The molecule has 0 aromatic heterocycles. The second kappa shape index (κ2) is 11.3. The molecule has 2 unspecified atom stereocenters. The number of fused-ring (bicyclic) bond motifs is 1. The number of hydrogen-bond acceptors (Lipinski definition) is 4. The van der Waals surface area contributed by atoms with Crippen LogP contribution in [0.4, 0.5) is 5.69 Å². The van der Waals surface area contributed by atoms with E-state index in [2.05, 4.69) is 5.32 Å². The summed E-state index contributed by atoms with van der Waals surface area (Å²) in [4.78, 5) is 33.2. The summed E-state index contributed by atoms with van der Waals surface area (Å²) < 4.78 is 0. The van der Waals surface area contributed by atoms with E-state index in [1.54, 1.807) is 7.05 Å². The number of rotatable bonds is 8. The molecule has 3 atom stereocenters. The lowest BCUT2D eigenvalue weighted by atomic mass is 9.86. The fraction of sp³-hybridized carbons (Fsp3) is 0.300. The molecule has 6 heteroatoms. The van der Waals surface area contributed by atoms with Crippen LogP contribution in [0.2, 0.25) is 0 Å². The second-order valence-electron chi connectivity index (χ2n) is 9.53. The summed E-state index contributed by atoms with van der Waals surface area (Å²) in [6.07, 6.45) is -0.843. The molecule has 0 fully saturated rings. The van der Waals surface area contributed by atoms with Crippen molar-refractivity contribution in [2.75, 3.05) is 11.9 Å². The Kier molecular flexibility index (Phi) is 7.96. The van der Waals surface area contributed by atoms with Crippen molar-refractivity contribution >= 4 is 23.2 Å². The van der Waals surface area contributed by atoms with Gasteiger partial charge in [-0.15, -0.1) is 0 Å². The van der Waals surface area contributed by atoms with Gasteiger partial charge >= 0.3 is 0 Å². The Hall–Kier alpha value is -3.77. The zero-order valence-electron chi connectivity index (χ0n) is 21.0. The summed E-state index contributed by atoms with van der Waals surface area (Å²) in [6.45, 7) is 3.82. The molecule has 1 aliphatic rings. The van der Waals surface area contributed by atoms with Gasteiger partial charge in [-0.3, -0.25) is 9.59 Å². The number of aliphatic imine (C=N–C) groups is 1. The Morgan fingerprint density at radius 1 is 0.972 bits per heavy atom. The standard InChI is InChI=1S/C30H33N3O3/c1-20(2)26(25(34)19-18-21-12-6-4-7-13-21)29(35)32-28-30(36)33(3)24-17-11-10-16-23(24)27(31-28)22-14-8-5-9-15-22/h4-17,20,25-26,28,34H,18-19H2,1-3H3,(H,32,35)/t25-,26?,28?/m0/s1. The number of likely N-dealkylation sites (N-methyl/N-ethyl adjacent to an activating group) is 1.